The molecule has 0 aromatic rings. The summed E-state index contributed by atoms with van der Waals surface area (Å²) in [6, 6.07) is 0. The van der Waals surface area contributed by atoms with E-state index in [2.05, 4.69) is 4.84 Å². The van der Waals surface area contributed by atoms with Gasteiger partial charge in [0.15, 0.2) is 12.2 Å². The van der Waals surface area contributed by atoms with E-state index in [0.717, 1.165) is 6.92 Å². The van der Waals surface area contributed by atoms with E-state index < -0.39 is 30.9 Å². The van der Waals surface area contributed by atoms with Gasteiger partial charge in [0.2, 0.25) is 0 Å². The summed E-state index contributed by atoms with van der Waals surface area (Å²) in [7, 11) is 0. The number of hydrogen-bond acceptors (Lipinski definition) is 4. The maximum atomic E-state index is 11.5. The van der Waals surface area contributed by atoms with Crippen molar-refractivity contribution in [2.45, 2.75) is 18.7 Å². The van der Waals surface area contributed by atoms with Crippen LogP contribution in [0.15, 0.2) is 0 Å². The quantitative estimate of drug-likeness (QED) is 0.443. The molecule has 0 rings (SSSR count). The molecule has 3 N–H and O–H groups in total. The molecule has 0 heterocycles. The van der Waals surface area contributed by atoms with Crippen molar-refractivity contribution in [2.75, 3.05) is 13.2 Å². The Morgan fingerprint density at radius 3 is 2.36 bits per heavy atom. The minimum atomic E-state index is -4.50. The number of aliphatic hydroxyl groups is 1. The van der Waals surface area contributed by atoms with Crippen molar-refractivity contribution < 1.29 is 33.0 Å². The monoisotopic (exact) mass is 217 g/mol. The zero-order chi connectivity index (χ0) is 11.4. The van der Waals surface area contributed by atoms with Crippen LogP contribution in [0.5, 0.6) is 0 Å². The minimum Gasteiger partial charge on any atom is -0.479 e. The molecule has 0 fully saturated rings. The van der Waals surface area contributed by atoms with Crippen LogP contribution in [0.25, 0.3) is 0 Å². The van der Waals surface area contributed by atoms with E-state index in [0.29, 0.717) is 0 Å². The third-order valence-electron chi connectivity index (χ3n) is 1.22. The highest BCUT2D eigenvalue weighted by Crippen LogP contribution is 2.13. The molecule has 1 atom stereocenters. The predicted octanol–water partition coefficient (Wildman–Crippen LogP) is -0.0945. The highest BCUT2D eigenvalue weighted by atomic mass is 19.4. The largest absolute Gasteiger partial charge is 0.479 e. The van der Waals surface area contributed by atoms with Crippen molar-refractivity contribution in [1.29, 1.82) is 0 Å². The lowest BCUT2D eigenvalue weighted by Crippen LogP contribution is -2.45. The molecule has 5 nitrogen and oxygen atoms in total. The van der Waals surface area contributed by atoms with Crippen LogP contribution in [-0.4, -0.2) is 41.1 Å². The highest BCUT2D eigenvalue weighted by molar-refractivity contribution is 5.76. The van der Waals surface area contributed by atoms with Crippen molar-refractivity contribution >= 4 is 5.97 Å². The molecule has 0 amide bonds. The van der Waals surface area contributed by atoms with E-state index in [1.165, 1.54) is 0 Å². The van der Waals surface area contributed by atoms with E-state index in [-0.39, 0.29) is 0 Å². The smallest absolute Gasteiger partial charge is 0.413 e. The van der Waals surface area contributed by atoms with Gasteiger partial charge in [-0.1, -0.05) is 0 Å². The van der Waals surface area contributed by atoms with E-state index in [1.807, 2.05) is 0 Å². The molecule has 0 spiro atoms. The fraction of sp³-hybridized carbons (Fsp3) is 0.833. The van der Waals surface area contributed by atoms with Gasteiger partial charge in [0.05, 0.1) is 6.54 Å². The first-order valence-corrected chi connectivity index (χ1v) is 3.52. The average Bonchev–Trinajstić information content (AvgIpc) is 1.96. The van der Waals surface area contributed by atoms with Crippen LogP contribution in [0, 0.1) is 0 Å². The van der Waals surface area contributed by atoms with Crippen LogP contribution < -0.4 is 5.48 Å². The minimum absolute atomic E-state index is 0.640. The van der Waals surface area contributed by atoms with Gasteiger partial charge >= 0.3 is 12.1 Å². The summed E-state index contributed by atoms with van der Waals surface area (Å²) in [6.45, 7) is -1.26. The number of halogens is 3. The Balaban J connectivity index is 3.70. The zero-order valence-electron chi connectivity index (χ0n) is 7.26. The van der Waals surface area contributed by atoms with Gasteiger partial charge in [-0.25, -0.2) is 4.79 Å². The summed E-state index contributed by atoms with van der Waals surface area (Å²) in [5.74, 6) is -1.55. The lowest BCUT2D eigenvalue weighted by atomic mass is 10.1. The third-order valence-corrected chi connectivity index (χ3v) is 1.22. The normalized spacial score (nSPS) is 16.4. The maximum Gasteiger partial charge on any atom is 0.413 e. The van der Waals surface area contributed by atoms with Crippen LogP contribution in [-0.2, 0) is 9.63 Å². The summed E-state index contributed by atoms with van der Waals surface area (Å²) >= 11 is 0. The molecular weight excluding hydrogens is 207 g/mol. The fourth-order valence-electron chi connectivity index (χ4n) is 0.400. The summed E-state index contributed by atoms with van der Waals surface area (Å²) < 4.78 is 34.5. The first kappa shape index (κ1) is 13.1. The molecule has 0 radical (unpaired) electrons. The Morgan fingerprint density at radius 1 is 1.50 bits per heavy atom. The summed E-state index contributed by atoms with van der Waals surface area (Å²) in [5, 5.41) is 17.3. The van der Waals surface area contributed by atoms with Gasteiger partial charge in [-0.15, -0.1) is 0 Å². The number of hydrogen-bond donors (Lipinski definition) is 3. The number of carboxylic acids is 1. The molecule has 0 aliphatic heterocycles. The molecule has 14 heavy (non-hydrogen) atoms. The van der Waals surface area contributed by atoms with E-state index >= 15 is 0 Å². The summed E-state index contributed by atoms with van der Waals surface area (Å²) in [5.41, 5.74) is -0.448. The zero-order valence-corrected chi connectivity index (χ0v) is 7.26. The van der Waals surface area contributed by atoms with E-state index in [1.54, 1.807) is 5.48 Å². The van der Waals surface area contributed by atoms with Crippen LogP contribution in [0.2, 0.25) is 0 Å². The van der Waals surface area contributed by atoms with E-state index in [4.69, 9.17) is 10.2 Å². The van der Waals surface area contributed by atoms with Crippen molar-refractivity contribution in [2.24, 2.45) is 0 Å². The Kier molecular flexibility index (Phi) is 4.30. The molecule has 0 saturated heterocycles. The van der Waals surface area contributed by atoms with Gasteiger partial charge in [-0.3, -0.25) is 4.84 Å². The highest BCUT2D eigenvalue weighted by Gasteiger charge is 2.31. The Morgan fingerprint density at radius 2 is 2.00 bits per heavy atom. The molecule has 0 aliphatic rings. The molecule has 8 heteroatoms. The van der Waals surface area contributed by atoms with Gasteiger partial charge < -0.3 is 10.2 Å². The lowest BCUT2D eigenvalue weighted by Gasteiger charge is -2.18. The second kappa shape index (κ2) is 4.58. The third kappa shape index (κ3) is 5.73. The van der Waals surface area contributed by atoms with Crippen molar-refractivity contribution in [3.05, 3.63) is 0 Å². The Labute approximate surface area is 77.4 Å². The van der Waals surface area contributed by atoms with Crippen molar-refractivity contribution in [3.8, 4) is 0 Å². The number of alkyl halides is 3. The van der Waals surface area contributed by atoms with E-state index in [9.17, 15) is 18.0 Å². The van der Waals surface area contributed by atoms with Gasteiger partial charge in [-0.05, 0) is 6.92 Å². The second-order valence-electron chi connectivity index (χ2n) is 2.80. The molecule has 0 aliphatic carbocycles. The lowest BCUT2D eigenvalue weighted by molar-refractivity contribution is -0.194. The number of rotatable bonds is 5. The predicted molar refractivity (Wildman–Crippen MR) is 38.3 cm³/mol. The van der Waals surface area contributed by atoms with Crippen LogP contribution >= 0.6 is 0 Å². The molecule has 0 bridgehead atoms. The fourth-order valence-corrected chi connectivity index (χ4v) is 0.400. The first-order chi connectivity index (χ1) is 6.15. The van der Waals surface area contributed by atoms with Gasteiger partial charge in [0.1, 0.15) is 0 Å². The summed E-state index contributed by atoms with van der Waals surface area (Å²) in [6.07, 6.45) is -4.50. The number of hydroxylamine groups is 1. The molecule has 1 unspecified atom stereocenters. The van der Waals surface area contributed by atoms with Crippen molar-refractivity contribution in [1.82, 2.24) is 5.48 Å². The number of nitrogens with one attached hydrogen (secondary N) is 1. The van der Waals surface area contributed by atoms with Crippen LogP contribution in [0.4, 0.5) is 13.2 Å². The van der Waals surface area contributed by atoms with Gasteiger partial charge in [-0.2, -0.15) is 18.7 Å². The number of carbonyl (C=O) groups is 1. The standard InChI is InChI=1S/C6H10F3NO4/c1-5(13,4(11)12)2-10-14-3-6(7,8)9/h10,13H,2-3H2,1H3,(H,11,12). The Bertz CT molecular complexity index is 204. The summed E-state index contributed by atoms with van der Waals surface area (Å²) in [4.78, 5) is 14.1. The number of aliphatic carboxylic acids is 1. The average molecular weight is 217 g/mol. The van der Waals surface area contributed by atoms with Crippen LogP contribution in [0.1, 0.15) is 6.92 Å². The second-order valence-corrected chi connectivity index (χ2v) is 2.80. The van der Waals surface area contributed by atoms with Gasteiger partial charge in [0, 0.05) is 0 Å². The van der Waals surface area contributed by atoms with Crippen molar-refractivity contribution in [3.63, 3.8) is 0 Å². The molecule has 0 aromatic carbocycles. The SMILES string of the molecule is CC(O)(CNOCC(F)(F)F)C(=O)O. The topological polar surface area (TPSA) is 78.8 Å². The van der Waals surface area contributed by atoms with Gasteiger partial charge in [0.25, 0.3) is 0 Å². The molecule has 0 saturated carbocycles. The molecular formula is C6H10F3NO4. The maximum absolute atomic E-state index is 11.5. The molecule has 84 valence electrons. The molecule has 0 aromatic heterocycles. The van der Waals surface area contributed by atoms with Crippen LogP contribution in [0.3, 0.4) is 0 Å². The Hall–Kier alpha value is -0.860. The first-order valence-electron chi connectivity index (χ1n) is 3.52. The number of carboxylic acid groups (broad SMARTS) is 1.